The van der Waals surface area contributed by atoms with E-state index in [2.05, 4.69) is 20.0 Å². The summed E-state index contributed by atoms with van der Waals surface area (Å²) in [6.07, 6.45) is 5.99. The molecule has 35 heavy (non-hydrogen) atoms. The number of aliphatic carboxylic acids is 1. The number of ether oxygens (including phenoxy) is 1. The van der Waals surface area contributed by atoms with Crippen molar-refractivity contribution in [1.29, 1.82) is 0 Å². The van der Waals surface area contributed by atoms with Crippen LogP contribution in [0.15, 0.2) is 28.9 Å². The Morgan fingerprint density at radius 3 is 2.74 bits per heavy atom. The molecule has 1 saturated carbocycles. The van der Waals surface area contributed by atoms with E-state index in [9.17, 15) is 14.3 Å². The molecule has 2 fully saturated rings. The van der Waals surface area contributed by atoms with Crippen molar-refractivity contribution in [2.45, 2.75) is 63.8 Å². The summed E-state index contributed by atoms with van der Waals surface area (Å²) in [5, 5.41) is 14.7. The quantitative estimate of drug-likeness (QED) is 0.500. The van der Waals surface area contributed by atoms with Gasteiger partial charge < -0.3 is 19.3 Å². The summed E-state index contributed by atoms with van der Waals surface area (Å²) in [5.41, 5.74) is 0.516. The van der Waals surface area contributed by atoms with Crippen LogP contribution in [0, 0.1) is 18.2 Å². The molecule has 8 nitrogen and oxygen atoms in total. The Hall–Kier alpha value is -3.07. The van der Waals surface area contributed by atoms with E-state index in [1.165, 1.54) is 6.20 Å². The topological polar surface area (TPSA) is 102 Å². The van der Waals surface area contributed by atoms with Crippen LogP contribution in [-0.4, -0.2) is 57.3 Å². The predicted octanol–water partition coefficient (Wildman–Crippen LogP) is 4.51. The van der Waals surface area contributed by atoms with Crippen molar-refractivity contribution < 1.29 is 23.6 Å². The summed E-state index contributed by atoms with van der Waals surface area (Å²) in [5.74, 6) is 1.22. The van der Waals surface area contributed by atoms with Crippen LogP contribution < -0.4 is 4.74 Å². The molecule has 1 N–H and O–H groups in total. The average molecular weight is 483 g/mol. The molecule has 1 saturated heterocycles. The molecule has 3 heterocycles. The van der Waals surface area contributed by atoms with Gasteiger partial charge >= 0.3 is 5.97 Å². The second-order valence-corrected chi connectivity index (χ2v) is 9.94. The Morgan fingerprint density at radius 1 is 1.31 bits per heavy atom. The normalized spacial score (nSPS) is 22.1. The molecule has 5 rings (SSSR count). The molecular weight excluding hydrogens is 451 g/mol. The first-order chi connectivity index (χ1) is 16.9. The number of aryl methyl sites for hydroxylation is 2. The summed E-state index contributed by atoms with van der Waals surface area (Å²) in [6.45, 7) is 3.34. The third-order valence-corrected chi connectivity index (χ3v) is 7.95. The van der Waals surface area contributed by atoms with Crippen molar-refractivity contribution in [3.63, 3.8) is 0 Å². The molecule has 9 heteroatoms. The number of fused-ring (bicyclic) bond motifs is 1. The van der Waals surface area contributed by atoms with Crippen molar-refractivity contribution in [3.05, 3.63) is 47.5 Å². The van der Waals surface area contributed by atoms with Crippen molar-refractivity contribution in [2.75, 3.05) is 20.2 Å². The molecule has 1 aromatic carbocycles. The monoisotopic (exact) mass is 482 g/mol. The molecule has 0 unspecified atom stereocenters. The van der Waals surface area contributed by atoms with E-state index >= 15 is 0 Å². The number of pyridine rings is 1. The zero-order valence-corrected chi connectivity index (χ0v) is 20.2. The van der Waals surface area contributed by atoms with Gasteiger partial charge in [0.25, 0.3) is 0 Å². The first kappa shape index (κ1) is 23.7. The molecule has 2 aromatic heterocycles. The fraction of sp³-hybridized carbons (Fsp3) is 0.538. The minimum atomic E-state index is -0.764. The average Bonchev–Trinajstić information content (AvgIpc) is 3.25. The number of hydrogen-bond acceptors (Lipinski definition) is 7. The van der Waals surface area contributed by atoms with Gasteiger partial charge in [-0.1, -0.05) is 5.16 Å². The summed E-state index contributed by atoms with van der Waals surface area (Å²) in [4.78, 5) is 23.3. The molecule has 0 spiro atoms. The van der Waals surface area contributed by atoms with Crippen LogP contribution in [-0.2, 0) is 11.2 Å². The van der Waals surface area contributed by atoms with Crippen LogP contribution in [0.3, 0.4) is 0 Å². The fourth-order valence-corrected chi connectivity index (χ4v) is 5.64. The van der Waals surface area contributed by atoms with Crippen molar-refractivity contribution in [3.8, 4) is 5.75 Å². The highest BCUT2D eigenvalue weighted by molar-refractivity contribution is 5.83. The maximum absolute atomic E-state index is 14.7. The highest BCUT2D eigenvalue weighted by Gasteiger charge is 2.45. The van der Waals surface area contributed by atoms with E-state index in [0.29, 0.717) is 72.6 Å². The molecule has 1 aliphatic heterocycles. The Labute approximate surface area is 203 Å². The van der Waals surface area contributed by atoms with E-state index in [4.69, 9.17) is 9.26 Å². The SMILES string of the molecule is COc1ccc2ncc(F)c(CCCC3(C(=O)O)CCN(C4CC(c5nc(C)no5)C4)CC3)c2c1. The number of nitrogens with zero attached hydrogens (tertiary/aromatic N) is 4. The molecule has 2 aliphatic rings. The Bertz CT molecular complexity index is 1220. The largest absolute Gasteiger partial charge is 0.497 e. The summed E-state index contributed by atoms with van der Waals surface area (Å²) in [6, 6.07) is 5.85. The van der Waals surface area contributed by atoms with E-state index < -0.39 is 11.4 Å². The predicted molar refractivity (Wildman–Crippen MR) is 127 cm³/mol. The highest BCUT2D eigenvalue weighted by atomic mass is 19.1. The Balaban J connectivity index is 1.19. The highest BCUT2D eigenvalue weighted by Crippen LogP contribution is 2.43. The van der Waals surface area contributed by atoms with Gasteiger partial charge in [-0.15, -0.1) is 0 Å². The van der Waals surface area contributed by atoms with Gasteiger partial charge in [-0.05, 0) is 88.7 Å². The van der Waals surface area contributed by atoms with Crippen molar-refractivity contribution in [1.82, 2.24) is 20.0 Å². The minimum absolute atomic E-state index is 0.302. The number of carbonyl (C=O) groups is 1. The molecule has 0 amide bonds. The van der Waals surface area contributed by atoms with Gasteiger partial charge in [0.2, 0.25) is 5.89 Å². The van der Waals surface area contributed by atoms with E-state index in [0.717, 1.165) is 31.3 Å². The maximum atomic E-state index is 14.7. The number of hydrogen-bond donors (Lipinski definition) is 1. The van der Waals surface area contributed by atoms with Crippen LogP contribution in [0.5, 0.6) is 5.75 Å². The third kappa shape index (κ3) is 4.61. The standard InChI is InChI=1S/C26H31FN4O4/c1-16-29-24(35-30-16)17-12-18(13-17)31-10-8-26(9-11-31,25(32)33)7-3-4-20-21-14-19(34-2)5-6-23(21)28-15-22(20)27/h5-6,14-15,17-18H,3-4,7-13H2,1-2H3,(H,32,33). The number of halogens is 1. The number of carboxylic acid groups (broad SMARTS) is 1. The summed E-state index contributed by atoms with van der Waals surface area (Å²) in [7, 11) is 1.58. The number of carboxylic acids is 1. The van der Waals surface area contributed by atoms with Crippen LogP contribution in [0.1, 0.15) is 61.7 Å². The second kappa shape index (κ2) is 9.53. The lowest BCUT2D eigenvalue weighted by molar-refractivity contribution is -0.153. The van der Waals surface area contributed by atoms with Crippen LogP contribution >= 0.6 is 0 Å². The van der Waals surface area contributed by atoms with E-state index in [1.54, 1.807) is 19.2 Å². The van der Waals surface area contributed by atoms with Gasteiger partial charge in [-0.25, -0.2) is 4.39 Å². The van der Waals surface area contributed by atoms with E-state index in [1.807, 2.05) is 13.0 Å². The van der Waals surface area contributed by atoms with Crippen molar-refractivity contribution in [2.24, 2.45) is 5.41 Å². The van der Waals surface area contributed by atoms with Crippen LogP contribution in [0.2, 0.25) is 0 Å². The zero-order chi connectivity index (χ0) is 24.6. The molecule has 186 valence electrons. The number of piperidine rings is 1. The molecule has 0 atom stereocenters. The van der Waals surface area contributed by atoms with Crippen molar-refractivity contribution >= 4 is 16.9 Å². The lowest BCUT2D eigenvalue weighted by Crippen LogP contribution is -2.51. The molecular formula is C26H31FN4O4. The smallest absolute Gasteiger partial charge is 0.309 e. The maximum Gasteiger partial charge on any atom is 0.309 e. The van der Waals surface area contributed by atoms with Gasteiger partial charge in [-0.2, -0.15) is 4.98 Å². The number of methoxy groups -OCH3 is 1. The fourth-order valence-electron chi connectivity index (χ4n) is 5.64. The number of benzene rings is 1. The first-order valence-corrected chi connectivity index (χ1v) is 12.3. The first-order valence-electron chi connectivity index (χ1n) is 12.3. The molecule has 0 radical (unpaired) electrons. The molecule has 1 aliphatic carbocycles. The van der Waals surface area contributed by atoms with Gasteiger partial charge in [-0.3, -0.25) is 9.78 Å². The second-order valence-electron chi connectivity index (χ2n) is 9.94. The van der Waals surface area contributed by atoms with Gasteiger partial charge in [0, 0.05) is 17.3 Å². The minimum Gasteiger partial charge on any atom is -0.497 e. The van der Waals surface area contributed by atoms with Gasteiger partial charge in [0.1, 0.15) is 11.6 Å². The Morgan fingerprint density at radius 2 is 2.09 bits per heavy atom. The number of rotatable bonds is 8. The summed E-state index contributed by atoms with van der Waals surface area (Å²) < 4.78 is 25.3. The molecule has 3 aromatic rings. The Kier molecular flexibility index (Phi) is 6.44. The number of likely N-dealkylation sites (tertiary alicyclic amines) is 1. The lowest BCUT2D eigenvalue weighted by atomic mass is 9.72. The van der Waals surface area contributed by atoms with Crippen LogP contribution in [0.25, 0.3) is 10.9 Å². The summed E-state index contributed by atoms with van der Waals surface area (Å²) >= 11 is 0. The third-order valence-electron chi connectivity index (χ3n) is 7.95. The zero-order valence-electron chi connectivity index (χ0n) is 20.2. The van der Waals surface area contributed by atoms with Crippen LogP contribution in [0.4, 0.5) is 4.39 Å². The van der Waals surface area contributed by atoms with Gasteiger partial charge in [0.15, 0.2) is 5.82 Å². The molecule has 0 bridgehead atoms. The lowest BCUT2D eigenvalue weighted by Gasteiger charge is -2.47. The van der Waals surface area contributed by atoms with Gasteiger partial charge in [0.05, 0.1) is 24.2 Å². The van der Waals surface area contributed by atoms with E-state index in [-0.39, 0.29) is 5.82 Å². The number of aromatic nitrogens is 3.